The van der Waals surface area contributed by atoms with Gasteiger partial charge in [-0.25, -0.2) is 0 Å². The molecule has 7 aromatic carbocycles. The molecule has 0 amide bonds. The number of rotatable bonds is 7. The van der Waals surface area contributed by atoms with Gasteiger partial charge in [-0.05, 0) is 66.1 Å². The highest BCUT2D eigenvalue weighted by Crippen LogP contribution is 2.49. The number of hydrogen-bond donors (Lipinski definition) is 0. The van der Waals surface area contributed by atoms with E-state index in [1.807, 2.05) is 12.1 Å². The fraction of sp³-hybridized carbons (Fsp3) is 0. The van der Waals surface area contributed by atoms with Gasteiger partial charge in [0.05, 0.1) is 17.1 Å². The predicted molar refractivity (Wildman–Crippen MR) is 231 cm³/mol. The number of anilines is 9. The van der Waals surface area contributed by atoms with Crippen LogP contribution < -0.4 is 31.5 Å². The van der Waals surface area contributed by atoms with Gasteiger partial charge in [0, 0.05) is 57.4 Å². The Hall–Kier alpha value is -7.44. The molecule has 0 unspecified atom stereocenters. The fourth-order valence-electron chi connectivity index (χ4n) is 8.40. The molecule has 0 saturated heterocycles. The molecule has 9 aromatic rings. The van der Waals surface area contributed by atoms with Crippen molar-refractivity contribution >= 4 is 74.7 Å². The second-order valence-electron chi connectivity index (χ2n) is 14.1. The van der Waals surface area contributed by atoms with E-state index in [4.69, 9.17) is 8.83 Å². The standard InChI is InChI=1S/C50H34BN3O2/c1-7-19-35(20-8-1)46-33-44-49(55-46)51-48-42(53(44)39-27-15-5-16-28-39)31-41(52(37-23-11-3-12-24-37)38-25-13-4-14-26-38)32-43(48)54(40-29-17-6-18-30-40)45-34-47(56-50(45)51)36-21-9-2-10-22-36/h1-34H. The summed E-state index contributed by atoms with van der Waals surface area (Å²) in [4.78, 5) is 7.08. The minimum absolute atomic E-state index is 0.323. The lowest BCUT2D eigenvalue weighted by atomic mass is 9.38. The zero-order valence-electron chi connectivity index (χ0n) is 30.4. The van der Waals surface area contributed by atoms with Crippen molar-refractivity contribution in [3.05, 3.63) is 206 Å². The molecule has 4 heterocycles. The molecule has 0 spiro atoms. The molecule has 6 heteroatoms. The smallest absolute Gasteiger partial charge is 0.342 e. The molecule has 0 fully saturated rings. The summed E-state index contributed by atoms with van der Waals surface area (Å²) in [7, 11) is 0. The van der Waals surface area contributed by atoms with Crippen LogP contribution in [0.1, 0.15) is 0 Å². The van der Waals surface area contributed by atoms with Gasteiger partial charge in [-0.3, -0.25) is 0 Å². The molecule has 11 rings (SSSR count). The fourth-order valence-corrected chi connectivity index (χ4v) is 8.40. The summed E-state index contributed by atoms with van der Waals surface area (Å²) >= 11 is 0. The van der Waals surface area contributed by atoms with Crippen LogP contribution >= 0.6 is 0 Å². The average Bonchev–Trinajstić information content (AvgIpc) is 3.92. The molecule has 2 aromatic heterocycles. The quantitative estimate of drug-likeness (QED) is 0.153. The van der Waals surface area contributed by atoms with E-state index in [-0.39, 0.29) is 6.71 Å². The highest BCUT2D eigenvalue weighted by atomic mass is 16.4. The minimum Gasteiger partial charge on any atom is -0.468 e. The number of nitrogens with zero attached hydrogens (tertiary/aromatic N) is 3. The maximum atomic E-state index is 7.09. The van der Waals surface area contributed by atoms with Gasteiger partial charge < -0.3 is 23.5 Å². The van der Waals surface area contributed by atoms with Crippen LogP contribution in [-0.2, 0) is 0 Å². The van der Waals surface area contributed by atoms with Gasteiger partial charge in [-0.2, -0.15) is 0 Å². The van der Waals surface area contributed by atoms with Crippen LogP contribution in [0.25, 0.3) is 22.6 Å². The summed E-state index contributed by atoms with van der Waals surface area (Å²) in [5.74, 6) is 1.62. The molecular formula is C50H34BN3O2. The molecular weight excluding hydrogens is 685 g/mol. The zero-order chi connectivity index (χ0) is 37.0. The Bertz CT molecular complexity index is 2620. The van der Waals surface area contributed by atoms with Crippen LogP contribution in [0.15, 0.2) is 215 Å². The lowest BCUT2D eigenvalue weighted by molar-refractivity contribution is 0.603. The van der Waals surface area contributed by atoms with Gasteiger partial charge in [0.25, 0.3) is 0 Å². The first-order chi connectivity index (χ1) is 27.8. The van der Waals surface area contributed by atoms with Crippen molar-refractivity contribution in [3.63, 3.8) is 0 Å². The second kappa shape index (κ2) is 13.1. The van der Waals surface area contributed by atoms with Crippen molar-refractivity contribution in [2.75, 3.05) is 14.7 Å². The molecule has 2 aliphatic heterocycles. The zero-order valence-corrected chi connectivity index (χ0v) is 30.4. The van der Waals surface area contributed by atoms with E-state index in [2.05, 4.69) is 209 Å². The normalized spacial score (nSPS) is 12.5. The third-order valence-electron chi connectivity index (χ3n) is 10.8. The first-order valence-corrected chi connectivity index (χ1v) is 19.0. The van der Waals surface area contributed by atoms with E-state index in [9.17, 15) is 0 Å². The summed E-state index contributed by atoms with van der Waals surface area (Å²) in [5.41, 5.74) is 14.2. The second-order valence-corrected chi connectivity index (χ2v) is 14.1. The van der Waals surface area contributed by atoms with Crippen molar-refractivity contribution in [1.29, 1.82) is 0 Å². The lowest BCUT2D eigenvalue weighted by Gasteiger charge is -2.41. The Morgan fingerprint density at radius 2 is 0.714 bits per heavy atom. The van der Waals surface area contributed by atoms with Crippen molar-refractivity contribution in [1.82, 2.24) is 0 Å². The summed E-state index contributed by atoms with van der Waals surface area (Å²) in [5, 5.41) is 0. The Morgan fingerprint density at radius 1 is 0.357 bits per heavy atom. The summed E-state index contributed by atoms with van der Waals surface area (Å²) in [6.45, 7) is -0.323. The SMILES string of the molecule is c1ccc(-c2cc3c(o2)B2c4oc(-c5ccccc5)cc4N(c4ccccc4)c4cc(N(c5ccccc5)c5ccccc5)cc(c42)N3c2ccccc2)cc1. The van der Waals surface area contributed by atoms with E-state index in [1.165, 1.54) is 0 Å². The van der Waals surface area contributed by atoms with Crippen molar-refractivity contribution < 1.29 is 8.83 Å². The van der Waals surface area contributed by atoms with Gasteiger partial charge in [0.15, 0.2) is 0 Å². The van der Waals surface area contributed by atoms with Crippen molar-refractivity contribution in [3.8, 4) is 22.6 Å². The third-order valence-corrected chi connectivity index (χ3v) is 10.8. The molecule has 264 valence electrons. The Kier molecular flexibility index (Phi) is 7.52. The van der Waals surface area contributed by atoms with Crippen LogP contribution in [0.4, 0.5) is 51.2 Å². The Labute approximate surface area is 326 Å². The van der Waals surface area contributed by atoms with Crippen LogP contribution in [0.2, 0.25) is 0 Å². The summed E-state index contributed by atoms with van der Waals surface area (Å²) in [6.07, 6.45) is 0. The number of hydrogen-bond acceptors (Lipinski definition) is 5. The van der Waals surface area contributed by atoms with Crippen LogP contribution in [0.3, 0.4) is 0 Å². The van der Waals surface area contributed by atoms with Crippen molar-refractivity contribution in [2.24, 2.45) is 0 Å². The maximum Gasteiger partial charge on any atom is 0.342 e. The predicted octanol–water partition coefficient (Wildman–Crippen LogP) is 11.8. The molecule has 0 bridgehead atoms. The summed E-state index contributed by atoms with van der Waals surface area (Å²) in [6, 6.07) is 72.3. The van der Waals surface area contributed by atoms with Gasteiger partial charge >= 0.3 is 6.71 Å². The number of fused-ring (bicyclic) bond motifs is 4. The highest BCUT2D eigenvalue weighted by Gasteiger charge is 2.49. The Morgan fingerprint density at radius 3 is 1.11 bits per heavy atom. The van der Waals surface area contributed by atoms with E-state index in [0.29, 0.717) is 0 Å². The molecule has 0 aliphatic carbocycles. The lowest BCUT2D eigenvalue weighted by Crippen LogP contribution is -2.60. The summed E-state index contributed by atoms with van der Waals surface area (Å²) < 4.78 is 14.2. The first-order valence-electron chi connectivity index (χ1n) is 19.0. The van der Waals surface area contributed by atoms with Crippen LogP contribution in [0.5, 0.6) is 0 Å². The third kappa shape index (κ3) is 5.18. The Balaban J connectivity index is 1.26. The average molecular weight is 720 g/mol. The van der Waals surface area contributed by atoms with Gasteiger partial charge in [-0.1, -0.05) is 133 Å². The van der Waals surface area contributed by atoms with Gasteiger partial charge in [0.2, 0.25) is 0 Å². The number of benzene rings is 7. The monoisotopic (exact) mass is 719 g/mol. The highest BCUT2D eigenvalue weighted by molar-refractivity contribution is 6.99. The molecule has 0 N–H and O–H groups in total. The largest absolute Gasteiger partial charge is 0.468 e. The van der Waals surface area contributed by atoms with E-state index >= 15 is 0 Å². The van der Waals surface area contributed by atoms with E-state index in [0.717, 1.165) is 90.6 Å². The number of para-hydroxylation sites is 4. The van der Waals surface area contributed by atoms with Gasteiger partial charge in [0.1, 0.15) is 22.8 Å². The van der Waals surface area contributed by atoms with Crippen molar-refractivity contribution in [2.45, 2.75) is 0 Å². The molecule has 0 radical (unpaired) electrons. The van der Waals surface area contributed by atoms with Crippen LogP contribution in [-0.4, -0.2) is 6.71 Å². The molecule has 0 saturated carbocycles. The topological polar surface area (TPSA) is 36.0 Å². The molecule has 2 aliphatic rings. The van der Waals surface area contributed by atoms with Crippen LogP contribution in [0, 0.1) is 0 Å². The van der Waals surface area contributed by atoms with Gasteiger partial charge in [-0.15, -0.1) is 0 Å². The molecule has 5 nitrogen and oxygen atoms in total. The van der Waals surface area contributed by atoms with E-state index in [1.54, 1.807) is 0 Å². The number of furan rings is 2. The minimum atomic E-state index is -0.323. The first kappa shape index (κ1) is 32.0. The maximum absolute atomic E-state index is 7.09. The molecule has 56 heavy (non-hydrogen) atoms. The van der Waals surface area contributed by atoms with E-state index < -0.39 is 0 Å². The molecule has 0 atom stereocenters.